The highest BCUT2D eigenvalue weighted by molar-refractivity contribution is 7.89. The summed E-state index contributed by atoms with van der Waals surface area (Å²) in [6.07, 6.45) is 3.94. The van der Waals surface area contributed by atoms with Crippen molar-refractivity contribution in [3.05, 3.63) is 0 Å². The number of nitrogens with zero attached hydrogens (tertiary/aromatic N) is 1. The van der Waals surface area contributed by atoms with Gasteiger partial charge in [0.2, 0.25) is 10.0 Å². The van der Waals surface area contributed by atoms with E-state index in [0.717, 1.165) is 38.8 Å². The summed E-state index contributed by atoms with van der Waals surface area (Å²) in [5.74, 6) is -0.880. The van der Waals surface area contributed by atoms with Crippen molar-refractivity contribution in [2.24, 2.45) is 5.92 Å². The van der Waals surface area contributed by atoms with Crippen molar-refractivity contribution in [1.82, 2.24) is 9.62 Å². The van der Waals surface area contributed by atoms with Crippen LogP contribution in [0.15, 0.2) is 0 Å². The van der Waals surface area contributed by atoms with Crippen LogP contribution < -0.4 is 5.32 Å². The fourth-order valence-electron chi connectivity index (χ4n) is 2.48. The number of esters is 1. The summed E-state index contributed by atoms with van der Waals surface area (Å²) < 4.78 is 30.5. The van der Waals surface area contributed by atoms with Gasteiger partial charge >= 0.3 is 5.97 Å². The van der Waals surface area contributed by atoms with Crippen LogP contribution in [0.5, 0.6) is 0 Å². The third kappa shape index (κ3) is 4.15. The summed E-state index contributed by atoms with van der Waals surface area (Å²) in [7, 11) is -2.33. The van der Waals surface area contributed by atoms with E-state index in [9.17, 15) is 13.2 Å². The molecular weight excluding hydrogens is 268 g/mol. The number of carbonyl (C=O) groups is 1. The molecule has 2 fully saturated rings. The van der Waals surface area contributed by atoms with Gasteiger partial charge in [-0.25, -0.2) is 8.42 Å². The average Bonchev–Trinajstić information content (AvgIpc) is 3.20. The third-order valence-corrected chi connectivity index (χ3v) is 5.44. The first kappa shape index (κ1) is 14.7. The van der Waals surface area contributed by atoms with Crippen molar-refractivity contribution in [3.63, 3.8) is 0 Å². The molecule has 7 heteroatoms. The Morgan fingerprint density at radius 3 is 2.63 bits per heavy atom. The lowest BCUT2D eigenvalue weighted by molar-refractivity contribution is -0.137. The molecule has 1 N–H and O–H groups in total. The van der Waals surface area contributed by atoms with E-state index in [2.05, 4.69) is 10.1 Å². The lowest BCUT2D eigenvalue weighted by Gasteiger charge is -2.29. The first-order chi connectivity index (χ1) is 9.03. The number of sulfonamides is 1. The maximum absolute atomic E-state index is 12.3. The van der Waals surface area contributed by atoms with Crippen LogP contribution in [0.1, 0.15) is 25.7 Å². The van der Waals surface area contributed by atoms with Crippen LogP contribution in [0.4, 0.5) is 0 Å². The molecule has 110 valence electrons. The van der Waals surface area contributed by atoms with Crippen molar-refractivity contribution in [2.45, 2.75) is 31.7 Å². The van der Waals surface area contributed by atoms with E-state index in [4.69, 9.17) is 0 Å². The average molecular weight is 290 g/mol. The molecule has 1 aliphatic heterocycles. The monoisotopic (exact) mass is 290 g/mol. The second kappa shape index (κ2) is 6.19. The molecule has 2 aliphatic rings. The zero-order valence-corrected chi connectivity index (χ0v) is 12.1. The van der Waals surface area contributed by atoms with Gasteiger partial charge in [0, 0.05) is 12.6 Å². The van der Waals surface area contributed by atoms with E-state index < -0.39 is 21.7 Å². The second-order valence-corrected chi connectivity index (χ2v) is 7.27. The Balaban J connectivity index is 2.00. The molecule has 0 bridgehead atoms. The number of rotatable bonds is 6. The molecule has 2 rings (SSSR count). The standard InChI is InChI=1S/C12H22N2O4S/c1-18-12(15)9-19(16,17)14(11-4-5-11)8-10-3-2-6-13-7-10/h10-11,13H,2-9H2,1H3. The molecule has 0 radical (unpaired) electrons. The van der Waals surface area contributed by atoms with Crippen LogP contribution in [0.3, 0.4) is 0 Å². The molecule has 0 aromatic heterocycles. The highest BCUT2D eigenvalue weighted by atomic mass is 32.2. The van der Waals surface area contributed by atoms with Crippen LogP contribution in [-0.4, -0.2) is 57.2 Å². The molecule has 1 unspecified atom stereocenters. The number of methoxy groups -OCH3 is 1. The lowest BCUT2D eigenvalue weighted by atomic mass is 10.00. The van der Waals surface area contributed by atoms with Gasteiger partial charge in [-0.1, -0.05) is 0 Å². The predicted octanol–water partition coefficient (Wildman–Crippen LogP) is -0.0468. The van der Waals surface area contributed by atoms with E-state index in [0.29, 0.717) is 12.5 Å². The van der Waals surface area contributed by atoms with Gasteiger partial charge in [0.05, 0.1) is 7.11 Å². The molecule has 0 aromatic carbocycles. The molecule has 0 aromatic rings. The Labute approximate surface area is 114 Å². The number of ether oxygens (including phenoxy) is 1. The molecule has 1 aliphatic carbocycles. The summed E-state index contributed by atoms with van der Waals surface area (Å²) in [4.78, 5) is 11.2. The maximum atomic E-state index is 12.3. The van der Waals surface area contributed by atoms with Gasteiger partial charge in [-0.2, -0.15) is 4.31 Å². The fraction of sp³-hybridized carbons (Fsp3) is 0.917. The lowest BCUT2D eigenvalue weighted by Crippen LogP contribution is -2.44. The van der Waals surface area contributed by atoms with Crippen molar-refractivity contribution in [3.8, 4) is 0 Å². The molecule has 19 heavy (non-hydrogen) atoms. The Morgan fingerprint density at radius 1 is 1.37 bits per heavy atom. The van der Waals surface area contributed by atoms with Gasteiger partial charge in [0.25, 0.3) is 0 Å². The number of carbonyl (C=O) groups excluding carboxylic acids is 1. The highest BCUT2D eigenvalue weighted by Crippen LogP contribution is 2.31. The summed E-state index contributed by atoms with van der Waals surface area (Å²) in [5.41, 5.74) is 0. The van der Waals surface area contributed by atoms with Crippen molar-refractivity contribution < 1.29 is 17.9 Å². The van der Waals surface area contributed by atoms with Crippen LogP contribution >= 0.6 is 0 Å². The van der Waals surface area contributed by atoms with Gasteiger partial charge in [-0.05, 0) is 44.7 Å². The quantitative estimate of drug-likeness (QED) is 0.694. The van der Waals surface area contributed by atoms with E-state index in [-0.39, 0.29) is 6.04 Å². The molecule has 1 saturated carbocycles. The zero-order valence-electron chi connectivity index (χ0n) is 11.3. The molecule has 0 spiro atoms. The second-order valence-electron chi connectivity index (χ2n) is 5.35. The Kier molecular flexibility index (Phi) is 4.81. The minimum absolute atomic E-state index is 0.0941. The van der Waals surface area contributed by atoms with E-state index in [1.807, 2.05) is 0 Å². The van der Waals surface area contributed by atoms with Gasteiger partial charge in [-0.3, -0.25) is 4.79 Å². The fourth-order valence-corrected chi connectivity index (χ4v) is 4.16. The van der Waals surface area contributed by atoms with Gasteiger partial charge in [-0.15, -0.1) is 0 Å². The number of hydrogen-bond acceptors (Lipinski definition) is 5. The Bertz CT molecular complexity index is 413. The number of hydrogen-bond donors (Lipinski definition) is 1. The van der Waals surface area contributed by atoms with Crippen LogP contribution in [0.25, 0.3) is 0 Å². The minimum atomic E-state index is -3.54. The summed E-state index contributed by atoms with van der Waals surface area (Å²) in [6, 6.07) is 0.0941. The zero-order chi connectivity index (χ0) is 13.9. The number of piperidine rings is 1. The van der Waals surface area contributed by atoms with Crippen LogP contribution in [0, 0.1) is 5.92 Å². The molecular formula is C12H22N2O4S. The SMILES string of the molecule is COC(=O)CS(=O)(=O)N(CC1CCCNC1)C1CC1. The highest BCUT2D eigenvalue weighted by Gasteiger charge is 2.39. The summed E-state index contributed by atoms with van der Waals surface area (Å²) in [6.45, 7) is 2.39. The van der Waals surface area contributed by atoms with Crippen LogP contribution in [0.2, 0.25) is 0 Å². The molecule has 1 saturated heterocycles. The van der Waals surface area contributed by atoms with Crippen molar-refractivity contribution in [2.75, 3.05) is 32.5 Å². The summed E-state index contributed by atoms with van der Waals surface area (Å²) in [5, 5.41) is 3.29. The first-order valence-corrected chi connectivity index (χ1v) is 8.41. The largest absolute Gasteiger partial charge is 0.468 e. The molecule has 1 atom stereocenters. The predicted molar refractivity (Wildman–Crippen MR) is 71.1 cm³/mol. The van der Waals surface area contributed by atoms with Crippen LogP contribution in [-0.2, 0) is 19.6 Å². The van der Waals surface area contributed by atoms with Gasteiger partial charge in [0.15, 0.2) is 5.75 Å². The smallest absolute Gasteiger partial charge is 0.322 e. The normalized spacial score (nSPS) is 24.4. The first-order valence-electron chi connectivity index (χ1n) is 6.80. The van der Waals surface area contributed by atoms with E-state index in [1.165, 1.54) is 11.4 Å². The molecule has 6 nitrogen and oxygen atoms in total. The topological polar surface area (TPSA) is 75.7 Å². The maximum Gasteiger partial charge on any atom is 0.322 e. The Morgan fingerprint density at radius 2 is 2.11 bits per heavy atom. The van der Waals surface area contributed by atoms with Gasteiger partial charge in [0.1, 0.15) is 0 Å². The van der Waals surface area contributed by atoms with E-state index in [1.54, 1.807) is 0 Å². The number of nitrogens with one attached hydrogen (secondary N) is 1. The van der Waals surface area contributed by atoms with Crippen molar-refractivity contribution in [1.29, 1.82) is 0 Å². The third-order valence-electron chi connectivity index (χ3n) is 3.68. The summed E-state index contributed by atoms with van der Waals surface area (Å²) >= 11 is 0. The van der Waals surface area contributed by atoms with Gasteiger partial charge < -0.3 is 10.1 Å². The molecule has 1 heterocycles. The Hall–Kier alpha value is -0.660. The minimum Gasteiger partial charge on any atom is -0.468 e. The van der Waals surface area contributed by atoms with E-state index >= 15 is 0 Å². The molecule has 0 amide bonds. The van der Waals surface area contributed by atoms with Crippen molar-refractivity contribution >= 4 is 16.0 Å².